The number of pyridine rings is 1. The van der Waals surface area contributed by atoms with Gasteiger partial charge in [0, 0.05) is 23.4 Å². The van der Waals surface area contributed by atoms with Crippen LogP contribution in [0, 0.1) is 0 Å². The summed E-state index contributed by atoms with van der Waals surface area (Å²) in [5.74, 6) is -0.110. The quantitative estimate of drug-likeness (QED) is 0.270. The van der Waals surface area contributed by atoms with E-state index in [4.69, 9.17) is 4.74 Å². The number of H-pyrrole nitrogens is 1. The first-order valence-electron chi connectivity index (χ1n) is 11.3. The maximum Gasteiger partial charge on any atom is 0.389 e. The third kappa shape index (κ3) is 6.41. The zero-order valence-corrected chi connectivity index (χ0v) is 19.1. The number of anilines is 1. The summed E-state index contributed by atoms with van der Waals surface area (Å²) in [4.78, 5) is 29.0. The summed E-state index contributed by atoms with van der Waals surface area (Å²) >= 11 is 0. The van der Waals surface area contributed by atoms with Crippen molar-refractivity contribution in [3.8, 4) is 28.1 Å². The van der Waals surface area contributed by atoms with Crippen LogP contribution in [0.4, 0.5) is 18.9 Å². The maximum absolute atomic E-state index is 13.1. The van der Waals surface area contributed by atoms with Gasteiger partial charge in [-0.15, -0.1) is 0 Å². The largest absolute Gasteiger partial charge is 0.494 e. The monoisotopic (exact) mass is 492 g/mol. The first-order valence-corrected chi connectivity index (χ1v) is 11.3. The number of rotatable bonds is 8. The minimum Gasteiger partial charge on any atom is -0.494 e. The SMILES string of the molecule is O=C(Nc1ccccc1)c1c(-c2ccccc2)cc(-c2ccc(OCCCC(F)(F)F)cc2)[nH]c1=O. The highest BCUT2D eigenvalue weighted by Gasteiger charge is 2.26. The van der Waals surface area contributed by atoms with E-state index in [1.54, 1.807) is 54.6 Å². The van der Waals surface area contributed by atoms with Crippen molar-refractivity contribution in [1.82, 2.24) is 4.98 Å². The molecule has 0 aliphatic carbocycles. The summed E-state index contributed by atoms with van der Waals surface area (Å²) in [5, 5.41) is 2.76. The van der Waals surface area contributed by atoms with Crippen molar-refractivity contribution in [2.75, 3.05) is 11.9 Å². The van der Waals surface area contributed by atoms with Gasteiger partial charge in [-0.2, -0.15) is 13.2 Å². The summed E-state index contributed by atoms with van der Waals surface area (Å²) < 4.78 is 42.3. The molecule has 4 aromatic rings. The van der Waals surface area contributed by atoms with Crippen LogP contribution in [0.2, 0.25) is 0 Å². The number of hydrogen-bond donors (Lipinski definition) is 2. The summed E-state index contributed by atoms with van der Waals surface area (Å²) in [5.41, 5.74) is 2.31. The lowest BCUT2D eigenvalue weighted by Crippen LogP contribution is -2.25. The molecule has 0 aliphatic rings. The van der Waals surface area contributed by atoms with Crippen LogP contribution in [0.5, 0.6) is 5.75 Å². The van der Waals surface area contributed by atoms with Gasteiger partial charge in [-0.25, -0.2) is 0 Å². The standard InChI is InChI=1S/C28H23F3N2O3/c29-28(30,31)16-7-17-36-22-14-12-20(13-15-22)24-18-23(19-8-3-1-4-9-19)25(27(35)33-24)26(34)32-21-10-5-2-6-11-21/h1-6,8-15,18H,7,16-17H2,(H,32,34)(H,33,35). The van der Waals surface area contributed by atoms with E-state index in [-0.39, 0.29) is 18.6 Å². The Balaban J connectivity index is 1.61. The van der Waals surface area contributed by atoms with Gasteiger partial charge in [-0.1, -0.05) is 48.5 Å². The number of ether oxygens (including phenoxy) is 1. The number of carbonyl (C=O) groups excluding carboxylic acids is 1. The zero-order chi connectivity index (χ0) is 25.5. The molecule has 0 saturated carbocycles. The summed E-state index contributed by atoms with van der Waals surface area (Å²) in [6, 6.07) is 26.3. The van der Waals surface area contributed by atoms with E-state index >= 15 is 0 Å². The number of halogens is 3. The lowest BCUT2D eigenvalue weighted by molar-refractivity contribution is -0.136. The van der Waals surface area contributed by atoms with E-state index in [1.165, 1.54) is 0 Å². The van der Waals surface area contributed by atoms with Gasteiger partial charge in [-0.3, -0.25) is 9.59 Å². The van der Waals surface area contributed by atoms with Crippen molar-refractivity contribution in [3.05, 3.63) is 107 Å². The number of hydrogen-bond acceptors (Lipinski definition) is 3. The minimum absolute atomic E-state index is 0.0154. The van der Waals surface area contributed by atoms with E-state index in [2.05, 4.69) is 10.3 Å². The molecule has 8 heteroatoms. The zero-order valence-electron chi connectivity index (χ0n) is 19.1. The minimum atomic E-state index is -4.21. The van der Waals surface area contributed by atoms with Crippen LogP contribution < -0.4 is 15.6 Å². The van der Waals surface area contributed by atoms with Gasteiger partial charge in [-0.05, 0) is 60.0 Å². The second-order valence-corrected chi connectivity index (χ2v) is 8.08. The smallest absolute Gasteiger partial charge is 0.389 e. The molecular formula is C28H23F3N2O3. The van der Waals surface area contributed by atoms with Crippen LogP contribution in [0.15, 0.2) is 95.8 Å². The fourth-order valence-electron chi connectivity index (χ4n) is 3.69. The fourth-order valence-corrected chi connectivity index (χ4v) is 3.69. The third-order valence-electron chi connectivity index (χ3n) is 5.42. The normalized spacial score (nSPS) is 11.2. The summed E-state index contributed by atoms with van der Waals surface area (Å²) in [6.07, 6.45) is -5.25. The average Bonchev–Trinajstić information content (AvgIpc) is 2.87. The molecule has 0 radical (unpaired) electrons. The van der Waals surface area contributed by atoms with E-state index in [0.29, 0.717) is 33.8 Å². The first kappa shape index (κ1) is 24.8. The molecule has 0 unspecified atom stereocenters. The van der Waals surface area contributed by atoms with Crippen molar-refractivity contribution in [2.45, 2.75) is 19.0 Å². The molecule has 0 aliphatic heterocycles. The lowest BCUT2D eigenvalue weighted by Gasteiger charge is -2.13. The number of aromatic nitrogens is 1. The van der Waals surface area contributed by atoms with Gasteiger partial charge >= 0.3 is 6.18 Å². The molecule has 1 aromatic heterocycles. The Kier molecular flexibility index (Phi) is 7.53. The second kappa shape index (κ2) is 10.9. The van der Waals surface area contributed by atoms with Crippen LogP contribution in [-0.2, 0) is 0 Å². The number of para-hydroxylation sites is 1. The number of carbonyl (C=O) groups is 1. The molecule has 0 saturated heterocycles. The van der Waals surface area contributed by atoms with E-state index in [1.807, 2.05) is 36.4 Å². The molecule has 3 aromatic carbocycles. The molecule has 1 heterocycles. The van der Waals surface area contributed by atoms with Gasteiger partial charge < -0.3 is 15.0 Å². The van der Waals surface area contributed by atoms with E-state index in [0.717, 1.165) is 0 Å². The molecule has 0 fully saturated rings. The predicted molar refractivity (Wildman–Crippen MR) is 133 cm³/mol. The second-order valence-electron chi connectivity index (χ2n) is 8.08. The number of aromatic amines is 1. The molecule has 184 valence electrons. The average molecular weight is 492 g/mol. The molecular weight excluding hydrogens is 469 g/mol. The van der Waals surface area contributed by atoms with E-state index in [9.17, 15) is 22.8 Å². The molecule has 0 spiro atoms. The fraction of sp³-hybridized carbons (Fsp3) is 0.143. The number of amides is 1. The van der Waals surface area contributed by atoms with Crippen LogP contribution >= 0.6 is 0 Å². The Morgan fingerprint density at radius 1 is 0.861 bits per heavy atom. The Labute approximate surface area is 205 Å². The maximum atomic E-state index is 13.1. The van der Waals surface area contributed by atoms with Crippen LogP contribution in [0.1, 0.15) is 23.2 Å². The molecule has 2 N–H and O–H groups in total. The van der Waals surface area contributed by atoms with Gasteiger partial charge in [0.05, 0.1) is 6.61 Å². The molecule has 0 atom stereocenters. The van der Waals surface area contributed by atoms with Crippen LogP contribution in [0.25, 0.3) is 22.4 Å². The number of alkyl halides is 3. The third-order valence-corrected chi connectivity index (χ3v) is 5.42. The highest BCUT2D eigenvalue weighted by Crippen LogP contribution is 2.28. The van der Waals surface area contributed by atoms with Gasteiger partial charge in [0.1, 0.15) is 11.3 Å². The molecule has 1 amide bonds. The highest BCUT2D eigenvalue weighted by molar-refractivity contribution is 6.08. The number of nitrogens with one attached hydrogen (secondary N) is 2. The van der Waals surface area contributed by atoms with Crippen LogP contribution in [0.3, 0.4) is 0 Å². The van der Waals surface area contributed by atoms with Gasteiger partial charge in [0.25, 0.3) is 11.5 Å². The Bertz CT molecular complexity index is 1370. The van der Waals surface area contributed by atoms with Crippen molar-refractivity contribution < 1.29 is 22.7 Å². The Hall–Kier alpha value is -4.33. The van der Waals surface area contributed by atoms with Gasteiger partial charge in [0.2, 0.25) is 0 Å². The number of benzene rings is 3. The molecule has 36 heavy (non-hydrogen) atoms. The topological polar surface area (TPSA) is 71.2 Å². The van der Waals surface area contributed by atoms with Crippen molar-refractivity contribution in [3.63, 3.8) is 0 Å². The summed E-state index contributed by atoms with van der Waals surface area (Å²) in [7, 11) is 0. The van der Waals surface area contributed by atoms with Gasteiger partial charge in [0.15, 0.2) is 0 Å². The van der Waals surface area contributed by atoms with Crippen LogP contribution in [-0.4, -0.2) is 23.7 Å². The Morgan fingerprint density at radius 3 is 2.14 bits per heavy atom. The highest BCUT2D eigenvalue weighted by atomic mass is 19.4. The molecule has 5 nitrogen and oxygen atoms in total. The lowest BCUT2D eigenvalue weighted by atomic mass is 9.98. The first-order chi connectivity index (χ1) is 17.3. The van der Waals surface area contributed by atoms with E-state index < -0.39 is 24.1 Å². The molecule has 0 bridgehead atoms. The summed E-state index contributed by atoms with van der Waals surface area (Å²) in [6.45, 7) is -0.0565. The molecule has 4 rings (SSSR count). The predicted octanol–water partition coefficient (Wildman–Crippen LogP) is 6.68. The van der Waals surface area contributed by atoms with Crippen molar-refractivity contribution >= 4 is 11.6 Å². The van der Waals surface area contributed by atoms with Crippen molar-refractivity contribution in [1.29, 1.82) is 0 Å². The van der Waals surface area contributed by atoms with Crippen molar-refractivity contribution in [2.24, 2.45) is 0 Å². The Morgan fingerprint density at radius 2 is 1.50 bits per heavy atom.